The monoisotopic (exact) mass is 311 g/mol. The van der Waals surface area contributed by atoms with Crippen LogP contribution < -0.4 is 0 Å². The summed E-state index contributed by atoms with van der Waals surface area (Å²) in [5.74, 6) is 1.28. The minimum atomic E-state index is 0.280. The van der Waals surface area contributed by atoms with Gasteiger partial charge >= 0.3 is 0 Å². The summed E-state index contributed by atoms with van der Waals surface area (Å²) in [5, 5.41) is 0. The molecule has 0 saturated carbocycles. The third-order valence-corrected chi connectivity index (χ3v) is 5.04. The number of carbonyl (C=O) groups excluding carboxylic acids is 1. The highest BCUT2D eigenvalue weighted by Gasteiger charge is 2.42. The molecule has 0 bridgehead atoms. The summed E-state index contributed by atoms with van der Waals surface area (Å²) in [5.41, 5.74) is 1.15. The number of furan rings is 1. The van der Waals surface area contributed by atoms with Crippen molar-refractivity contribution < 1.29 is 9.21 Å². The van der Waals surface area contributed by atoms with E-state index in [1.165, 1.54) is 0 Å². The van der Waals surface area contributed by atoms with E-state index in [0.29, 0.717) is 25.0 Å². The van der Waals surface area contributed by atoms with Crippen molar-refractivity contribution in [2.75, 3.05) is 6.54 Å². The molecule has 2 aliphatic heterocycles. The van der Waals surface area contributed by atoms with Crippen LogP contribution in [-0.4, -0.2) is 39.3 Å². The van der Waals surface area contributed by atoms with Crippen LogP contribution in [0.1, 0.15) is 30.6 Å². The van der Waals surface area contributed by atoms with Crippen LogP contribution >= 0.6 is 0 Å². The maximum Gasteiger partial charge on any atom is 0.223 e. The zero-order valence-electron chi connectivity index (χ0n) is 13.1. The van der Waals surface area contributed by atoms with Crippen LogP contribution in [-0.2, 0) is 17.9 Å². The molecule has 0 radical (unpaired) electrons. The van der Waals surface area contributed by atoms with Crippen LogP contribution in [0.25, 0.3) is 0 Å². The summed E-state index contributed by atoms with van der Waals surface area (Å²) in [4.78, 5) is 21.0. The Morgan fingerprint density at radius 3 is 2.78 bits per heavy atom. The van der Waals surface area contributed by atoms with E-state index >= 15 is 0 Å². The number of hydrogen-bond acceptors (Lipinski definition) is 4. The lowest BCUT2D eigenvalue weighted by Gasteiger charge is -2.39. The Hall–Kier alpha value is -2.14. The normalized spacial score (nSPS) is 24.9. The van der Waals surface area contributed by atoms with E-state index in [-0.39, 0.29) is 5.91 Å². The highest BCUT2D eigenvalue weighted by atomic mass is 16.3. The van der Waals surface area contributed by atoms with E-state index in [2.05, 4.69) is 14.8 Å². The second-order valence-corrected chi connectivity index (χ2v) is 6.39. The molecule has 120 valence electrons. The molecule has 2 aromatic heterocycles. The third kappa shape index (κ3) is 2.88. The Morgan fingerprint density at radius 1 is 1.13 bits per heavy atom. The van der Waals surface area contributed by atoms with E-state index in [0.717, 1.165) is 37.3 Å². The third-order valence-electron chi connectivity index (χ3n) is 5.04. The number of piperidine rings is 1. The zero-order chi connectivity index (χ0) is 15.6. The first-order valence-electron chi connectivity index (χ1n) is 8.26. The Balaban J connectivity index is 1.49. The number of nitrogens with zero attached hydrogens (tertiary/aromatic N) is 3. The van der Waals surface area contributed by atoms with E-state index in [9.17, 15) is 4.79 Å². The SMILES string of the molecule is O=C1CC[C@@H]2[C@@H](CCN2Cc2ccco2)N1Cc1ccncc1. The molecular formula is C18H21N3O2. The van der Waals surface area contributed by atoms with Crippen molar-refractivity contribution in [2.24, 2.45) is 0 Å². The average Bonchev–Trinajstić information content (AvgIpc) is 3.22. The lowest BCUT2D eigenvalue weighted by atomic mass is 9.95. The minimum Gasteiger partial charge on any atom is -0.468 e. The molecule has 0 aliphatic carbocycles. The average molecular weight is 311 g/mol. The van der Waals surface area contributed by atoms with Gasteiger partial charge in [-0.3, -0.25) is 14.7 Å². The molecule has 0 unspecified atom stereocenters. The molecule has 4 heterocycles. The van der Waals surface area contributed by atoms with E-state index in [1.54, 1.807) is 18.7 Å². The van der Waals surface area contributed by atoms with Crippen LogP contribution in [0.4, 0.5) is 0 Å². The number of hydrogen-bond donors (Lipinski definition) is 0. The van der Waals surface area contributed by atoms with Crippen LogP contribution in [0.2, 0.25) is 0 Å². The van der Waals surface area contributed by atoms with Gasteiger partial charge in [0.2, 0.25) is 5.91 Å². The molecule has 0 aromatic carbocycles. The topological polar surface area (TPSA) is 49.6 Å². The van der Waals surface area contributed by atoms with Gasteiger partial charge in [-0.1, -0.05) is 0 Å². The molecule has 2 atom stereocenters. The van der Waals surface area contributed by atoms with Crippen molar-refractivity contribution in [1.29, 1.82) is 0 Å². The van der Waals surface area contributed by atoms with E-state index in [1.807, 2.05) is 24.3 Å². The van der Waals surface area contributed by atoms with Crippen molar-refractivity contribution in [1.82, 2.24) is 14.8 Å². The van der Waals surface area contributed by atoms with Gasteiger partial charge in [-0.15, -0.1) is 0 Å². The fraction of sp³-hybridized carbons (Fsp3) is 0.444. The fourth-order valence-electron chi connectivity index (χ4n) is 3.93. The molecular weight excluding hydrogens is 290 g/mol. The number of carbonyl (C=O) groups is 1. The van der Waals surface area contributed by atoms with E-state index < -0.39 is 0 Å². The predicted octanol–water partition coefficient (Wildman–Crippen LogP) is 2.44. The Bertz CT molecular complexity index is 656. The molecule has 1 amide bonds. The number of amides is 1. The second-order valence-electron chi connectivity index (χ2n) is 6.39. The summed E-state index contributed by atoms with van der Waals surface area (Å²) in [7, 11) is 0. The van der Waals surface area contributed by atoms with Crippen LogP contribution in [0, 0.1) is 0 Å². The van der Waals surface area contributed by atoms with Crippen LogP contribution in [0.3, 0.4) is 0 Å². The molecule has 0 spiro atoms. The van der Waals surface area contributed by atoms with Gasteiger partial charge in [-0.2, -0.15) is 0 Å². The summed E-state index contributed by atoms with van der Waals surface area (Å²) in [6.45, 7) is 2.55. The van der Waals surface area contributed by atoms with Gasteiger partial charge in [0, 0.05) is 44.0 Å². The summed E-state index contributed by atoms with van der Waals surface area (Å²) >= 11 is 0. The van der Waals surface area contributed by atoms with Gasteiger partial charge in [0.05, 0.1) is 12.8 Å². The number of rotatable bonds is 4. The Morgan fingerprint density at radius 2 is 2.00 bits per heavy atom. The first-order valence-corrected chi connectivity index (χ1v) is 8.26. The van der Waals surface area contributed by atoms with Crippen molar-refractivity contribution >= 4 is 5.91 Å². The van der Waals surface area contributed by atoms with Crippen molar-refractivity contribution in [3.8, 4) is 0 Å². The van der Waals surface area contributed by atoms with Gasteiger partial charge in [0.25, 0.3) is 0 Å². The Kier molecular flexibility index (Phi) is 3.87. The maximum absolute atomic E-state index is 12.4. The Labute approximate surface area is 135 Å². The molecule has 5 heteroatoms. The first kappa shape index (κ1) is 14.5. The second kappa shape index (κ2) is 6.16. The van der Waals surface area contributed by atoms with Gasteiger partial charge in [-0.25, -0.2) is 0 Å². The largest absolute Gasteiger partial charge is 0.468 e. The molecule has 5 nitrogen and oxygen atoms in total. The molecule has 23 heavy (non-hydrogen) atoms. The summed E-state index contributed by atoms with van der Waals surface area (Å²) in [6.07, 6.45) is 7.95. The molecule has 2 fully saturated rings. The number of pyridine rings is 1. The highest BCUT2D eigenvalue weighted by Crippen LogP contribution is 2.33. The predicted molar refractivity (Wildman–Crippen MR) is 85.3 cm³/mol. The lowest BCUT2D eigenvalue weighted by Crippen LogP contribution is -2.51. The summed E-state index contributed by atoms with van der Waals surface area (Å²) < 4.78 is 5.49. The quantitative estimate of drug-likeness (QED) is 0.870. The number of aromatic nitrogens is 1. The minimum absolute atomic E-state index is 0.280. The van der Waals surface area contributed by atoms with E-state index in [4.69, 9.17) is 4.42 Å². The molecule has 4 rings (SSSR count). The van der Waals surface area contributed by atoms with Crippen molar-refractivity contribution in [3.63, 3.8) is 0 Å². The van der Waals surface area contributed by atoms with Crippen molar-refractivity contribution in [3.05, 3.63) is 54.2 Å². The molecule has 2 aromatic rings. The fourth-order valence-corrected chi connectivity index (χ4v) is 3.93. The van der Waals surface area contributed by atoms with Crippen LogP contribution in [0.5, 0.6) is 0 Å². The van der Waals surface area contributed by atoms with Crippen molar-refractivity contribution in [2.45, 2.75) is 44.4 Å². The first-order chi connectivity index (χ1) is 11.3. The van der Waals surface area contributed by atoms with Crippen LogP contribution in [0.15, 0.2) is 47.3 Å². The molecule has 2 saturated heterocycles. The maximum atomic E-state index is 12.4. The molecule has 2 aliphatic rings. The lowest BCUT2D eigenvalue weighted by molar-refractivity contribution is -0.138. The summed E-state index contributed by atoms with van der Waals surface area (Å²) in [6, 6.07) is 8.71. The molecule has 0 N–H and O–H groups in total. The number of likely N-dealkylation sites (tertiary alicyclic amines) is 2. The van der Waals surface area contributed by atoms with Gasteiger partial charge in [0.1, 0.15) is 5.76 Å². The zero-order valence-corrected chi connectivity index (χ0v) is 13.1. The van der Waals surface area contributed by atoms with Gasteiger partial charge in [0.15, 0.2) is 0 Å². The smallest absolute Gasteiger partial charge is 0.223 e. The number of fused-ring (bicyclic) bond motifs is 1. The van der Waals surface area contributed by atoms with Gasteiger partial charge < -0.3 is 9.32 Å². The highest BCUT2D eigenvalue weighted by molar-refractivity contribution is 5.77. The van der Waals surface area contributed by atoms with Gasteiger partial charge in [-0.05, 0) is 42.7 Å². The standard InChI is InChI=1S/C18H21N3O2/c22-18-4-3-16-17(21(18)12-14-5-8-19-9-6-14)7-10-20(16)13-15-2-1-11-23-15/h1-2,5-6,8-9,11,16-17H,3-4,7,10,12-13H2/t16-,17-/m1/s1.